The molecule has 0 aromatic carbocycles. The highest BCUT2D eigenvalue weighted by Crippen LogP contribution is 2.30. The summed E-state index contributed by atoms with van der Waals surface area (Å²) in [6, 6.07) is 0. The fourth-order valence-corrected chi connectivity index (χ4v) is 2.31. The van der Waals surface area contributed by atoms with E-state index in [1.54, 1.807) is 0 Å². The summed E-state index contributed by atoms with van der Waals surface area (Å²) in [7, 11) is 0. The van der Waals surface area contributed by atoms with Crippen molar-refractivity contribution in [2.24, 2.45) is 11.8 Å². The Hall–Kier alpha value is -0.370. The van der Waals surface area contributed by atoms with Crippen LogP contribution in [0.15, 0.2) is 0 Å². The molecule has 2 nitrogen and oxygen atoms in total. The molecule has 1 heterocycles. The van der Waals surface area contributed by atoms with Crippen molar-refractivity contribution in [2.45, 2.75) is 38.5 Å². The Morgan fingerprint density at radius 1 is 1.15 bits per heavy atom. The van der Waals surface area contributed by atoms with Gasteiger partial charge in [0.15, 0.2) is 0 Å². The first-order valence-electron chi connectivity index (χ1n) is 5.57. The van der Waals surface area contributed by atoms with Gasteiger partial charge in [-0.25, -0.2) is 0 Å². The van der Waals surface area contributed by atoms with Gasteiger partial charge in [-0.05, 0) is 31.3 Å². The third-order valence-electron chi connectivity index (χ3n) is 3.42. The lowest BCUT2D eigenvalue weighted by Crippen LogP contribution is -2.18. The second-order valence-electron chi connectivity index (χ2n) is 4.60. The van der Waals surface area contributed by atoms with Gasteiger partial charge >= 0.3 is 0 Å². The van der Waals surface area contributed by atoms with Gasteiger partial charge in [-0.3, -0.25) is 4.79 Å². The first-order chi connectivity index (χ1) is 6.34. The molecule has 0 radical (unpaired) electrons. The molecule has 13 heavy (non-hydrogen) atoms. The highest BCUT2D eigenvalue weighted by atomic mass is 16.1. The predicted octanol–water partition coefficient (Wildman–Crippen LogP) is 1.75. The topological polar surface area (TPSA) is 29.1 Å². The van der Waals surface area contributed by atoms with Crippen molar-refractivity contribution in [1.29, 1.82) is 0 Å². The Morgan fingerprint density at radius 2 is 1.92 bits per heavy atom. The molecule has 2 fully saturated rings. The molecule has 0 bridgehead atoms. The second-order valence-corrected chi connectivity index (χ2v) is 4.60. The molecule has 1 atom stereocenters. The smallest absolute Gasteiger partial charge is 0.133 e. The van der Waals surface area contributed by atoms with Gasteiger partial charge in [0.25, 0.3) is 0 Å². The molecule has 0 aromatic heterocycles. The Balaban J connectivity index is 1.64. The molecule has 2 rings (SSSR count). The van der Waals surface area contributed by atoms with Crippen LogP contribution >= 0.6 is 0 Å². The number of carbonyl (C=O) groups excluding carboxylic acids is 1. The molecule has 1 aliphatic carbocycles. The van der Waals surface area contributed by atoms with Gasteiger partial charge < -0.3 is 5.32 Å². The summed E-state index contributed by atoms with van der Waals surface area (Å²) in [5, 5.41) is 3.31. The zero-order valence-corrected chi connectivity index (χ0v) is 8.22. The maximum atomic E-state index is 11.6. The molecule has 1 saturated carbocycles. The first kappa shape index (κ1) is 9.20. The minimum absolute atomic E-state index is 0.512. The number of Topliss-reactive ketones (excluding diaryl/α,β-unsaturated/α-hetero) is 1. The molecule has 74 valence electrons. The van der Waals surface area contributed by atoms with Crippen molar-refractivity contribution in [3.05, 3.63) is 0 Å². The van der Waals surface area contributed by atoms with Gasteiger partial charge in [-0.1, -0.05) is 19.3 Å². The lowest BCUT2D eigenvalue weighted by atomic mass is 9.80. The summed E-state index contributed by atoms with van der Waals surface area (Å²) < 4.78 is 0. The van der Waals surface area contributed by atoms with Gasteiger partial charge in [-0.2, -0.15) is 0 Å². The van der Waals surface area contributed by atoms with E-state index in [0.29, 0.717) is 11.7 Å². The lowest BCUT2D eigenvalue weighted by molar-refractivity contribution is -0.121. The number of hydrogen-bond donors (Lipinski definition) is 1. The van der Waals surface area contributed by atoms with E-state index in [9.17, 15) is 4.79 Å². The summed E-state index contributed by atoms with van der Waals surface area (Å²) in [6.07, 6.45) is 6.86. The van der Waals surface area contributed by atoms with E-state index in [-0.39, 0.29) is 0 Å². The number of nitrogens with one attached hydrogen (secondary N) is 1. The summed E-state index contributed by atoms with van der Waals surface area (Å²) in [5.41, 5.74) is 0. The van der Waals surface area contributed by atoms with E-state index in [2.05, 4.69) is 5.32 Å². The maximum absolute atomic E-state index is 11.6. The Bertz CT molecular complexity index is 181. The molecule has 1 aliphatic heterocycles. The second kappa shape index (κ2) is 4.23. The number of rotatable bonds is 4. The SMILES string of the molecule is O=C(CC1CCC1)CC1CCNC1. The summed E-state index contributed by atoms with van der Waals surface area (Å²) in [5.74, 6) is 1.91. The van der Waals surface area contributed by atoms with Crippen LogP contribution in [-0.4, -0.2) is 18.9 Å². The van der Waals surface area contributed by atoms with Gasteiger partial charge in [0.1, 0.15) is 5.78 Å². The zero-order valence-electron chi connectivity index (χ0n) is 8.22. The van der Waals surface area contributed by atoms with Crippen LogP contribution in [0.25, 0.3) is 0 Å². The molecule has 0 spiro atoms. The van der Waals surface area contributed by atoms with E-state index in [0.717, 1.165) is 31.8 Å². The van der Waals surface area contributed by atoms with Gasteiger partial charge in [0.05, 0.1) is 0 Å². The third-order valence-corrected chi connectivity index (χ3v) is 3.42. The van der Waals surface area contributed by atoms with Crippen molar-refractivity contribution in [1.82, 2.24) is 5.32 Å². The van der Waals surface area contributed by atoms with E-state index in [1.165, 1.54) is 25.7 Å². The van der Waals surface area contributed by atoms with Crippen molar-refractivity contribution in [3.8, 4) is 0 Å². The summed E-state index contributed by atoms with van der Waals surface area (Å²) in [4.78, 5) is 11.6. The summed E-state index contributed by atoms with van der Waals surface area (Å²) >= 11 is 0. The van der Waals surface area contributed by atoms with Crippen LogP contribution in [0.4, 0.5) is 0 Å². The number of carbonyl (C=O) groups is 1. The molecule has 1 unspecified atom stereocenters. The molecule has 1 saturated heterocycles. The van der Waals surface area contributed by atoms with Crippen molar-refractivity contribution in [2.75, 3.05) is 13.1 Å². The molecular formula is C11H19NO. The Kier molecular flexibility index (Phi) is 2.99. The van der Waals surface area contributed by atoms with Crippen LogP contribution in [0.3, 0.4) is 0 Å². The van der Waals surface area contributed by atoms with Gasteiger partial charge in [-0.15, -0.1) is 0 Å². The van der Waals surface area contributed by atoms with E-state index < -0.39 is 0 Å². The standard InChI is InChI=1S/C11H19NO/c13-11(6-9-2-1-3-9)7-10-4-5-12-8-10/h9-10,12H,1-8H2. The van der Waals surface area contributed by atoms with Crippen LogP contribution < -0.4 is 5.32 Å². The maximum Gasteiger partial charge on any atom is 0.133 e. The van der Waals surface area contributed by atoms with Crippen LogP contribution in [0.1, 0.15) is 38.5 Å². The van der Waals surface area contributed by atoms with Crippen molar-refractivity contribution < 1.29 is 4.79 Å². The fourth-order valence-electron chi connectivity index (χ4n) is 2.31. The van der Waals surface area contributed by atoms with Crippen molar-refractivity contribution in [3.63, 3.8) is 0 Å². The normalized spacial score (nSPS) is 28.8. The van der Waals surface area contributed by atoms with Crippen molar-refractivity contribution >= 4 is 5.78 Å². The fraction of sp³-hybridized carbons (Fsp3) is 0.909. The monoisotopic (exact) mass is 181 g/mol. The van der Waals surface area contributed by atoms with Crippen LogP contribution in [0.2, 0.25) is 0 Å². The van der Waals surface area contributed by atoms with Crippen LogP contribution in [-0.2, 0) is 4.79 Å². The average Bonchev–Trinajstić information content (AvgIpc) is 2.49. The quantitative estimate of drug-likeness (QED) is 0.716. The zero-order chi connectivity index (χ0) is 9.10. The molecule has 0 amide bonds. The molecule has 1 N–H and O–H groups in total. The minimum Gasteiger partial charge on any atom is -0.316 e. The average molecular weight is 181 g/mol. The Morgan fingerprint density at radius 3 is 2.46 bits per heavy atom. The lowest BCUT2D eigenvalue weighted by Gasteiger charge is -2.24. The predicted molar refractivity (Wildman–Crippen MR) is 52.6 cm³/mol. The first-order valence-corrected chi connectivity index (χ1v) is 5.57. The van der Waals surface area contributed by atoms with Crippen LogP contribution in [0.5, 0.6) is 0 Å². The highest BCUT2D eigenvalue weighted by molar-refractivity contribution is 5.79. The molecule has 2 heteroatoms. The van der Waals surface area contributed by atoms with E-state index in [1.807, 2.05) is 0 Å². The Labute approximate surface area is 80.1 Å². The molecule has 2 aliphatic rings. The third kappa shape index (κ3) is 2.53. The molecule has 0 aromatic rings. The van der Waals surface area contributed by atoms with Gasteiger partial charge in [0, 0.05) is 12.8 Å². The van der Waals surface area contributed by atoms with Gasteiger partial charge in [0.2, 0.25) is 0 Å². The highest BCUT2D eigenvalue weighted by Gasteiger charge is 2.23. The van der Waals surface area contributed by atoms with E-state index >= 15 is 0 Å². The number of ketones is 1. The summed E-state index contributed by atoms with van der Waals surface area (Å²) in [6.45, 7) is 2.18. The van der Waals surface area contributed by atoms with Crippen LogP contribution in [0, 0.1) is 11.8 Å². The largest absolute Gasteiger partial charge is 0.316 e. The minimum atomic E-state index is 0.512. The number of hydrogen-bond acceptors (Lipinski definition) is 2. The van der Waals surface area contributed by atoms with E-state index in [4.69, 9.17) is 0 Å². The molecular weight excluding hydrogens is 162 g/mol.